The molecule has 0 saturated carbocycles. The smallest absolute Gasteiger partial charge is 0.343 e. The number of phenolic OH excluding ortho intramolecular Hbond substituents is 1. The maximum atomic E-state index is 12.2. The number of aliphatic carboxylic acids is 1. The fourth-order valence-electron chi connectivity index (χ4n) is 2.39. The first-order valence-electron chi connectivity index (χ1n) is 8.75. The van der Waals surface area contributed by atoms with Gasteiger partial charge in [0.15, 0.2) is 0 Å². The number of hydrogen-bond acceptors (Lipinski definition) is 9. The number of aromatic hydroxyl groups is 1. The van der Waals surface area contributed by atoms with Crippen LogP contribution in [-0.4, -0.2) is 67.2 Å². The number of esters is 1. The van der Waals surface area contributed by atoms with Crippen molar-refractivity contribution < 1.29 is 44.7 Å². The van der Waals surface area contributed by atoms with Crippen LogP contribution in [0.3, 0.4) is 0 Å². The summed E-state index contributed by atoms with van der Waals surface area (Å²) in [6, 6.07) is 2.62. The lowest BCUT2D eigenvalue weighted by Crippen LogP contribution is -2.56. The lowest BCUT2D eigenvalue weighted by atomic mass is 9.92. The van der Waals surface area contributed by atoms with Gasteiger partial charge in [-0.1, -0.05) is 0 Å². The van der Waals surface area contributed by atoms with Crippen molar-refractivity contribution in [3.05, 3.63) is 23.8 Å². The number of carbonyl (C=O) groups is 3. The molecule has 0 spiro atoms. The Kier molecular flexibility index (Phi) is 8.52. The maximum absolute atomic E-state index is 12.2. The van der Waals surface area contributed by atoms with E-state index in [2.05, 4.69) is 5.32 Å². The molecule has 0 bridgehead atoms. The first-order valence-corrected chi connectivity index (χ1v) is 8.75. The number of rotatable bonds is 10. The first kappa shape index (κ1) is 24.3. The van der Waals surface area contributed by atoms with Gasteiger partial charge in [0.2, 0.25) is 11.5 Å². The Morgan fingerprint density at radius 1 is 1.21 bits per heavy atom. The molecule has 8 N–H and O–H groups in total. The molecule has 11 nitrogen and oxygen atoms in total. The monoisotopic (exact) mass is 414 g/mol. The number of hydrogen-bond donors (Lipinski definition) is 7. The molecule has 0 aliphatic heterocycles. The van der Waals surface area contributed by atoms with Crippen molar-refractivity contribution in [1.29, 1.82) is 0 Å². The van der Waals surface area contributed by atoms with Crippen molar-refractivity contribution in [3.8, 4) is 5.75 Å². The Morgan fingerprint density at radius 2 is 1.79 bits per heavy atom. The van der Waals surface area contributed by atoms with Crippen molar-refractivity contribution in [2.24, 2.45) is 5.73 Å². The van der Waals surface area contributed by atoms with Crippen LogP contribution in [0.4, 0.5) is 5.69 Å². The molecule has 1 aromatic rings. The van der Waals surface area contributed by atoms with Crippen molar-refractivity contribution in [2.75, 3.05) is 5.32 Å². The number of carbonyl (C=O) groups excluding carboxylic acids is 2. The second-order valence-corrected chi connectivity index (χ2v) is 6.63. The lowest BCUT2D eigenvalue weighted by Gasteiger charge is -2.31. The number of carboxylic acids is 1. The predicted octanol–water partition coefficient (Wildman–Crippen LogP) is -0.941. The summed E-state index contributed by atoms with van der Waals surface area (Å²) in [5, 5.41) is 50.3. The minimum atomic E-state index is -2.56. The summed E-state index contributed by atoms with van der Waals surface area (Å²) in [6.07, 6.45) is -3.54. The first-order chi connectivity index (χ1) is 13.4. The third-order valence-corrected chi connectivity index (χ3v) is 4.32. The summed E-state index contributed by atoms with van der Waals surface area (Å²) in [5.41, 5.74) is 3.11. The average Bonchev–Trinajstić information content (AvgIpc) is 2.64. The number of aliphatic hydroxyl groups excluding tert-OH is 2. The molecule has 0 aromatic heterocycles. The van der Waals surface area contributed by atoms with E-state index in [1.165, 1.54) is 18.2 Å². The molecule has 3 unspecified atom stereocenters. The quantitative estimate of drug-likeness (QED) is 0.185. The molecule has 162 valence electrons. The Labute approximate surface area is 166 Å². The molecule has 0 fully saturated rings. The number of carboxylic acid groups (broad SMARTS) is 1. The Hall–Kier alpha value is -2.73. The van der Waals surface area contributed by atoms with Crippen molar-refractivity contribution in [2.45, 2.75) is 57.1 Å². The van der Waals surface area contributed by atoms with E-state index in [1.54, 1.807) is 0 Å². The number of anilines is 1. The zero-order valence-electron chi connectivity index (χ0n) is 16.0. The van der Waals surface area contributed by atoms with E-state index < -0.39 is 48.3 Å². The van der Waals surface area contributed by atoms with Crippen LogP contribution in [0.15, 0.2) is 18.2 Å². The number of ether oxygens (including phenoxy) is 1. The van der Waals surface area contributed by atoms with Crippen LogP contribution in [0.2, 0.25) is 0 Å². The summed E-state index contributed by atoms with van der Waals surface area (Å²) < 4.78 is 4.95. The van der Waals surface area contributed by atoms with Gasteiger partial charge in [-0.05, 0) is 38.5 Å². The van der Waals surface area contributed by atoms with Gasteiger partial charge >= 0.3 is 11.9 Å². The summed E-state index contributed by atoms with van der Waals surface area (Å²) in [5.74, 6) is -3.28. The highest BCUT2D eigenvalue weighted by atomic mass is 16.6. The second kappa shape index (κ2) is 10.2. The lowest BCUT2D eigenvalue weighted by molar-refractivity contribution is -0.195. The Balaban J connectivity index is 2.87. The van der Waals surface area contributed by atoms with Crippen molar-refractivity contribution >= 4 is 23.5 Å². The molecule has 0 aliphatic rings. The molecular formula is C18H26N2O9. The summed E-state index contributed by atoms with van der Waals surface area (Å²) >= 11 is 0. The summed E-state index contributed by atoms with van der Waals surface area (Å²) in [6.45, 7) is 1.71. The van der Waals surface area contributed by atoms with Gasteiger partial charge in [0.05, 0.1) is 12.2 Å². The van der Waals surface area contributed by atoms with Crippen LogP contribution in [-0.2, 0) is 25.7 Å². The van der Waals surface area contributed by atoms with Crippen LogP contribution in [0.1, 0.15) is 32.3 Å². The minimum absolute atomic E-state index is 0.0978. The van der Waals surface area contributed by atoms with E-state index >= 15 is 0 Å². The fourth-order valence-corrected chi connectivity index (χ4v) is 2.39. The Bertz CT molecular complexity index is 741. The molecule has 29 heavy (non-hydrogen) atoms. The molecule has 1 aromatic carbocycles. The van der Waals surface area contributed by atoms with Gasteiger partial charge in [-0.15, -0.1) is 0 Å². The maximum Gasteiger partial charge on any atom is 0.343 e. The van der Waals surface area contributed by atoms with Crippen molar-refractivity contribution in [3.63, 3.8) is 0 Å². The summed E-state index contributed by atoms with van der Waals surface area (Å²) in [4.78, 5) is 34.9. The minimum Gasteiger partial charge on any atom is -0.508 e. The number of amides is 1. The molecule has 0 radical (unpaired) electrons. The molecule has 1 amide bonds. The third-order valence-electron chi connectivity index (χ3n) is 4.32. The van der Waals surface area contributed by atoms with Gasteiger partial charge in [0.25, 0.3) is 0 Å². The van der Waals surface area contributed by atoms with Crippen LogP contribution >= 0.6 is 0 Å². The number of nitrogens with two attached hydrogens (primary N) is 1. The SMILES string of the molecule is CC(O)C(O)(C(=O)OCc1cc(O)ccc1NC(=O)CCC(N)C(=O)O)C(C)O. The fraction of sp³-hybridized carbons (Fsp3) is 0.500. The normalized spacial score (nSPS) is 16.2. The molecular weight excluding hydrogens is 388 g/mol. The van der Waals surface area contributed by atoms with Crippen LogP contribution in [0.5, 0.6) is 5.75 Å². The molecule has 0 saturated heterocycles. The molecule has 1 rings (SSSR count). The number of benzene rings is 1. The van der Waals surface area contributed by atoms with Crippen molar-refractivity contribution in [1.82, 2.24) is 0 Å². The van der Waals surface area contributed by atoms with Gasteiger partial charge < -0.3 is 41.3 Å². The van der Waals surface area contributed by atoms with E-state index in [4.69, 9.17) is 15.6 Å². The number of nitrogens with one attached hydrogen (secondary N) is 1. The average molecular weight is 414 g/mol. The number of phenols is 1. The second-order valence-electron chi connectivity index (χ2n) is 6.63. The Morgan fingerprint density at radius 3 is 2.31 bits per heavy atom. The van der Waals surface area contributed by atoms with E-state index in [-0.39, 0.29) is 29.8 Å². The van der Waals surface area contributed by atoms with Crippen LogP contribution in [0.25, 0.3) is 0 Å². The van der Waals surface area contributed by atoms with E-state index in [0.717, 1.165) is 13.8 Å². The van der Waals surface area contributed by atoms with Crippen LogP contribution in [0, 0.1) is 0 Å². The van der Waals surface area contributed by atoms with E-state index in [1.807, 2.05) is 0 Å². The van der Waals surface area contributed by atoms with Gasteiger partial charge in [-0.3, -0.25) is 9.59 Å². The highest BCUT2D eigenvalue weighted by Crippen LogP contribution is 2.24. The van der Waals surface area contributed by atoms with Gasteiger partial charge in [-0.25, -0.2) is 4.79 Å². The molecule has 0 heterocycles. The highest BCUT2D eigenvalue weighted by molar-refractivity contribution is 5.92. The topological polar surface area (TPSA) is 200 Å². The largest absolute Gasteiger partial charge is 0.508 e. The molecule has 0 aliphatic carbocycles. The van der Waals surface area contributed by atoms with Gasteiger partial charge in [0, 0.05) is 17.7 Å². The van der Waals surface area contributed by atoms with Crippen LogP contribution < -0.4 is 11.1 Å². The predicted molar refractivity (Wildman–Crippen MR) is 99.7 cm³/mol. The van der Waals surface area contributed by atoms with E-state index in [9.17, 15) is 34.8 Å². The summed E-state index contributed by atoms with van der Waals surface area (Å²) in [7, 11) is 0. The zero-order chi connectivity index (χ0) is 22.4. The van der Waals surface area contributed by atoms with E-state index in [0.29, 0.717) is 0 Å². The van der Waals surface area contributed by atoms with Gasteiger partial charge in [-0.2, -0.15) is 0 Å². The standard InChI is InChI=1S/C18H26N2O9/c1-9(21)18(28,10(2)22)17(27)29-8-11-7-12(23)3-5-14(11)20-15(24)6-4-13(19)16(25)26/h3,5,7,9-10,13,21-23,28H,4,6,8,19H2,1-2H3,(H,20,24)(H,25,26). The zero-order valence-corrected chi connectivity index (χ0v) is 16.0. The highest BCUT2D eigenvalue weighted by Gasteiger charge is 2.47. The molecule has 11 heteroatoms. The van der Waals surface area contributed by atoms with Gasteiger partial charge in [0.1, 0.15) is 18.4 Å². The number of aliphatic hydroxyl groups is 3. The molecule has 3 atom stereocenters. The third kappa shape index (κ3) is 6.39.